The molecule has 1 saturated heterocycles. The minimum atomic E-state index is -0.102. The van der Waals surface area contributed by atoms with E-state index in [0.29, 0.717) is 6.54 Å². The van der Waals surface area contributed by atoms with Gasteiger partial charge in [-0.05, 0) is 49.9 Å². The van der Waals surface area contributed by atoms with Crippen molar-refractivity contribution in [2.24, 2.45) is 5.92 Å². The smallest absolute Gasteiger partial charge is 0.229 e. The van der Waals surface area contributed by atoms with Crippen molar-refractivity contribution >= 4 is 29.3 Å². The van der Waals surface area contributed by atoms with E-state index in [2.05, 4.69) is 17.4 Å². The van der Waals surface area contributed by atoms with Crippen molar-refractivity contribution in [2.45, 2.75) is 55.6 Å². The van der Waals surface area contributed by atoms with Crippen molar-refractivity contribution < 1.29 is 9.59 Å². The maximum atomic E-state index is 12.4. The maximum Gasteiger partial charge on any atom is 0.229 e. The summed E-state index contributed by atoms with van der Waals surface area (Å²) in [6.45, 7) is 2.88. The van der Waals surface area contributed by atoms with Crippen LogP contribution in [0.2, 0.25) is 0 Å². The van der Waals surface area contributed by atoms with Crippen LogP contribution in [-0.2, 0) is 9.59 Å². The molecule has 130 valence electrons. The Morgan fingerprint density at radius 2 is 1.79 bits per heavy atom. The Labute approximate surface area is 148 Å². The Kier molecular flexibility index (Phi) is 5.82. The van der Waals surface area contributed by atoms with E-state index in [1.165, 1.54) is 30.6 Å². The standard InChI is InChI=1S/C19H26N2O2S/c1-14(22)21-12-4-5-15(13-21)19(23)20-16-8-10-18(11-9-16)24-17-6-2-3-7-17/h8-11,15,17H,2-7,12-13H2,1H3,(H,20,23)/t15-/m1/s1. The van der Waals surface area contributed by atoms with Crippen LogP contribution in [0.5, 0.6) is 0 Å². The highest BCUT2D eigenvalue weighted by molar-refractivity contribution is 8.00. The lowest BCUT2D eigenvalue weighted by Gasteiger charge is -2.31. The van der Waals surface area contributed by atoms with Gasteiger partial charge in [0.2, 0.25) is 11.8 Å². The molecule has 0 aromatic heterocycles. The van der Waals surface area contributed by atoms with Gasteiger partial charge in [0, 0.05) is 35.8 Å². The van der Waals surface area contributed by atoms with E-state index in [9.17, 15) is 9.59 Å². The molecule has 0 unspecified atom stereocenters. The number of benzene rings is 1. The van der Waals surface area contributed by atoms with E-state index >= 15 is 0 Å². The molecule has 1 aromatic carbocycles. The lowest BCUT2D eigenvalue weighted by molar-refractivity contribution is -0.132. The zero-order chi connectivity index (χ0) is 16.9. The van der Waals surface area contributed by atoms with Crippen LogP contribution in [0.15, 0.2) is 29.2 Å². The summed E-state index contributed by atoms with van der Waals surface area (Å²) in [6, 6.07) is 8.17. The van der Waals surface area contributed by atoms with Gasteiger partial charge in [-0.15, -0.1) is 11.8 Å². The Hall–Kier alpha value is -1.49. The van der Waals surface area contributed by atoms with Crippen LogP contribution in [-0.4, -0.2) is 35.1 Å². The highest BCUT2D eigenvalue weighted by Crippen LogP contribution is 2.35. The van der Waals surface area contributed by atoms with Gasteiger partial charge in [0.25, 0.3) is 0 Å². The number of thioether (sulfide) groups is 1. The average molecular weight is 346 g/mol. The number of piperidine rings is 1. The lowest BCUT2D eigenvalue weighted by Crippen LogP contribution is -2.42. The Morgan fingerprint density at radius 1 is 1.08 bits per heavy atom. The SMILES string of the molecule is CC(=O)N1CCC[C@@H](C(=O)Nc2ccc(SC3CCCC3)cc2)C1. The number of carbonyl (C=O) groups excluding carboxylic acids is 2. The van der Waals surface area contributed by atoms with Gasteiger partial charge in [-0.3, -0.25) is 9.59 Å². The highest BCUT2D eigenvalue weighted by Gasteiger charge is 2.27. The molecule has 0 radical (unpaired) electrons. The van der Waals surface area contributed by atoms with E-state index < -0.39 is 0 Å². The third-order valence-electron chi connectivity index (χ3n) is 4.96. The lowest BCUT2D eigenvalue weighted by atomic mass is 9.97. The van der Waals surface area contributed by atoms with Crippen molar-refractivity contribution in [3.05, 3.63) is 24.3 Å². The van der Waals surface area contributed by atoms with Gasteiger partial charge in [-0.2, -0.15) is 0 Å². The monoisotopic (exact) mass is 346 g/mol. The fourth-order valence-corrected chi connectivity index (χ4v) is 4.78. The van der Waals surface area contributed by atoms with Gasteiger partial charge in [-0.25, -0.2) is 0 Å². The van der Waals surface area contributed by atoms with Crippen LogP contribution in [0.3, 0.4) is 0 Å². The minimum absolute atomic E-state index is 0.0251. The summed E-state index contributed by atoms with van der Waals surface area (Å²) in [4.78, 5) is 27.0. The highest BCUT2D eigenvalue weighted by atomic mass is 32.2. The number of likely N-dealkylation sites (tertiary alicyclic amines) is 1. The topological polar surface area (TPSA) is 49.4 Å². The first-order valence-electron chi connectivity index (χ1n) is 8.95. The van der Waals surface area contributed by atoms with Gasteiger partial charge in [-0.1, -0.05) is 12.8 Å². The van der Waals surface area contributed by atoms with Crippen LogP contribution in [0, 0.1) is 5.92 Å². The number of nitrogens with zero attached hydrogens (tertiary/aromatic N) is 1. The largest absolute Gasteiger partial charge is 0.342 e. The Bertz CT molecular complexity index is 582. The van der Waals surface area contributed by atoms with Gasteiger partial charge in [0.1, 0.15) is 0 Å². The summed E-state index contributed by atoms with van der Waals surface area (Å²) >= 11 is 1.95. The molecular weight excluding hydrogens is 320 g/mol. The van der Waals surface area contributed by atoms with Gasteiger partial charge in [0.05, 0.1) is 5.92 Å². The molecule has 1 saturated carbocycles. The molecule has 2 amide bonds. The van der Waals surface area contributed by atoms with Crippen molar-refractivity contribution in [2.75, 3.05) is 18.4 Å². The molecular formula is C19H26N2O2S. The zero-order valence-corrected chi connectivity index (χ0v) is 15.1. The summed E-state index contributed by atoms with van der Waals surface area (Å²) in [5, 5.41) is 3.76. The Balaban J connectivity index is 1.53. The molecule has 1 N–H and O–H groups in total. The molecule has 0 bridgehead atoms. The second-order valence-corrected chi connectivity index (χ2v) is 8.22. The first-order chi connectivity index (χ1) is 11.6. The van der Waals surface area contributed by atoms with E-state index in [4.69, 9.17) is 0 Å². The number of carbonyl (C=O) groups is 2. The number of hydrogen-bond acceptors (Lipinski definition) is 3. The summed E-state index contributed by atoms with van der Waals surface area (Å²) in [6.07, 6.45) is 7.09. The van der Waals surface area contributed by atoms with Crippen molar-refractivity contribution in [1.82, 2.24) is 4.90 Å². The van der Waals surface area contributed by atoms with E-state index in [1.54, 1.807) is 11.8 Å². The minimum Gasteiger partial charge on any atom is -0.342 e. The molecule has 0 spiro atoms. The average Bonchev–Trinajstić information content (AvgIpc) is 3.10. The van der Waals surface area contributed by atoms with Crippen LogP contribution >= 0.6 is 11.8 Å². The van der Waals surface area contributed by atoms with Crippen LogP contribution in [0.1, 0.15) is 45.4 Å². The van der Waals surface area contributed by atoms with Crippen molar-refractivity contribution in [1.29, 1.82) is 0 Å². The molecule has 3 rings (SSSR count). The second-order valence-electron chi connectivity index (χ2n) is 6.84. The number of hydrogen-bond donors (Lipinski definition) is 1. The molecule has 1 aliphatic carbocycles. The van der Waals surface area contributed by atoms with Gasteiger partial charge >= 0.3 is 0 Å². The van der Waals surface area contributed by atoms with Gasteiger partial charge < -0.3 is 10.2 Å². The zero-order valence-electron chi connectivity index (χ0n) is 14.3. The number of nitrogens with one attached hydrogen (secondary N) is 1. The summed E-state index contributed by atoms with van der Waals surface area (Å²) in [5.74, 6) is -0.0203. The fraction of sp³-hybridized carbons (Fsp3) is 0.579. The molecule has 24 heavy (non-hydrogen) atoms. The molecule has 1 aliphatic heterocycles. The first kappa shape index (κ1) is 17.3. The van der Waals surface area contributed by atoms with E-state index in [0.717, 1.165) is 30.3 Å². The maximum absolute atomic E-state index is 12.4. The normalized spacial score (nSPS) is 21.7. The van der Waals surface area contributed by atoms with Crippen LogP contribution in [0.4, 0.5) is 5.69 Å². The predicted molar refractivity (Wildman–Crippen MR) is 98.2 cm³/mol. The van der Waals surface area contributed by atoms with E-state index in [-0.39, 0.29) is 17.7 Å². The second kappa shape index (κ2) is 8.06. The first-order valence-corrected chi connectivity index (χ1v) is 9.83. The quantitative estimate of drug-likeness (QED) is 0.899. The Morgan fingerprint density at radius 3 is 2.46 bits per heavy atom. The van der Waals surface area contributed by atoms with Crippen molar-refractivity contribution in [3.8, 4) is 0 Å². The number of rotatable bonds is 4. The fourth-order valence-electron chi connectivity index (χ4n) is 3.54. The molecule has 2 aliphatic rings. The molecule has 1 heterocycles. The number of amides is 2. The van der Waals surface area contributed by atoms with Crippen molar-refractivity contribution in [3.63, 3.8) is 0 Å². The predicted octanol–water partition coefficient (Wildman–Crippen LogP) is 3.92. The summed E-state index contributed by atoms with van der Waals surface area (Å²) in [5.41, 5.74) is 0.843. The molecule has 4 nitrogen and oxygen atoms in total. The molecule has 1 atom stereocenters. The molecule has 5 heteroatoms. The van der Waals surface area contributed by atoms with Crippen LogP contribution in [0.25, 0.3) is 0 Å². The molecule has 2 fully saturated rings. The summed E-state index contributed by atoms with van der Waals surface area (Å²) in [7, 11) is 0. The van der Waals surface area contributed by atoms with E-state index in [1.807, 2.05) is 23.9 Å². The van der Waals surface area contributed by atoms with Crippen LogP contribution < -0.4 is 5.32 Å². The third-order valence-corrected chi connectivity index (χ3v) is 6.31. The third kappa shape index (κ3) is 4.53. The van der Waals surface area contributed by atoms with Gasteiger partial charge in [0.15, 0.2) is 0 Å². The number of anilines is 1. The molecule has 1 aromatic rings. The summed E-state index contributed by atoms with van der Waals surface area (Å²) < 4.78 is 0.